The van der Waals surface area contributed by atoms with Crippen LogP contribution in [0.3, 0.4) is 0 Å². The SMILES string of the molecule is CCCC[Si](C#C[C@]1(c2ccccc2)CCC[C@H](c2ccccc2)C1=O)(CCCC)CCCC. The summed E-state index contributed by atoms with van der Waals surface area (Å²) in [6.07, 6.45) is 10.3. The van der Waals surface area contributed by atoms with Crippen LogP contribution in [0, 0.1) is 11.5 Å². The maximum atomic E-state index is 14.3. The van der Waals surface area contributed by atoms with Gasteiger partial charge < -0.3 is 0 Å². The normalized spacial score (nSPS) is 20.6. The van der Waals surface area contributed by atoms with E-state index >= 15 is 0 Å². The Labute approximate surface area is 209 Å². The zero-order valence-corrected chi connectivity index (χ0v) is 22.7. The van der Waals surface area contributed by atoms with Crippen molar-refractivity contribution in [1.29, 1.82) is 0 Å². The molecule has 0 radical (unpaired) electrons. The van der Waals surface area contributed by atoms with E-state index in [0.717, 1.165) is 30.4 Å². The minimum absolute atomic E-state index is 0.0533. The molecule has 0 amide bonds. The largest absolute Gasteiger partial charge is 0.297 e. The fourth-order valence-electron chi connectivity index (χ4n) is 5.68. The van der Waals surface area contributed by atoms with E-state index in [1.54, 1.807) is 0 Å². The first-order chi connectivity index (χ1) is 16.6. The van der Waals surface area contributed by atoms with E-state index in [2.05, 4.69) is 86.8 Å². The molecule has 1 aliphatic carbocycles. The molecule has 0 aromatic heterocycles. The summed E-state index contributed by atoms with van der Waals surface area (Å²) in [7, 11) is -1.77. The number of hydrogen-bond donors (Lipinski definition) is 0. The highest BCUT2D eigenvalue weighted by Gasteiger charge is 2.46. The number of ketones is 1. The summed E-state index contributed by atoms with van der Waals surface area (Å²) in [5.41, 5.74) is 5.62. The molecule has 2 atom stereocenters. The zero-order valence-electron chi connectivity index (χ0n) is 21.7. The van der Waals surface area contributed by atoms with Gasteiger partial charge in [0.2, 0.25) is 0 Å². The molecule has 0 N–H and O–H groups in total. The van der Waals surface area contributed by atoms with Crippen LogP contribution in [0.5, 0.6) is 0 Å². The Morgan fingerprint density at radius 1 is 0.824 bits per heavy atom. The number of Topliss-reactive ketones (excluding diaryl/α,β-unsaturated/α-hetero) is 1. The first kappa shape index (κ1) is 26.5. The van der Waals surface area contributed by atoms with Crippen LogP contribution in [-0.2, 0) is 10.2 Å². The van der Waals surface area contributed by atoms with Crippen molar-refractivity contribution in [3.8, 4) is 11.5 Å². The Hall–Kier alpha value is -2.11. The summed E-state index contributed by atoms with van der Waals surface area (Å²) in [5.74, 6) is 4.10. The van der Waals surface area contributed by atoms with Gasteiger partial charge >= 0.3 is 0 Å². The van der Waals surface area contributed by atoms with Crippen molar-refractivity contribution in [1.82, 2.24) is 0 Å². The molecule has 182 valence electrons. The first-order valence-electron chi connectivity index (χ1n) is 13.8. The molecule has 1 fully saturated rings. The van der Waals surface area contributed by atoms with Crippen LogP contribution in [0.25, 0.3) is 0 Å². The minimum Gasteiger partial charge on any atom is -0.297 e. The topological polar surface area (TPSA) is 17.1 Å². The van der Waals surface area contributed by atoms with E-state index in [1.807, 2.05) is 6.07 Å². The van der Waals surface area contributed by atoms with Crippen LogP contribution in [0.2, 0.25) is 18.1 Å². The van der Waals surface area contributed by atoms with Crippen molar-refractivity contribution < 1.29 is 4.79 Å². The van der Waals surface area contributed by atoms with E-state index < -0.39 is 13.5 Å². The van der Waals surface area contributed by atoms with Gasteiger partial charge in [0.1, 0.15) is 13.5 Å². The van der Waals surface area contributed by atoms with Gasteiger partial charge in [-0.15, -0.1) is 5.54 Å². The highest BCUT2D eigenvalue weighted by Crippen LogP contribution is 2.43. The van der Waals surface area contributed by atoms with E-state index in [0.29, 0.717) is 5.78 Å². The van der Waals surface area contributed by atoms with Gasteiger partial charge in [-0.05, 0) is 42.1 Å². The molecule has 1 aliphatic rings. The molecule has 1 saturated carbocycles. The third kappa shape index (κ3) is 6.31. The lowest BCUT2D eigenvalue weighted by molar-refractivity contribution is -0.126. The van der Waals surface area contributed by atoms with Gasteiger partial charge in [0.25, 0.3) is 0 Å². The Balaban J connectivity index is 2.09. The monoisotopic (exact) mass is 472 g/mol. The van der Waals surface area contributed by atoms with Crippen LogP contribution in [0.1, 0.15) is 95.6 Å². The van der Waals surface area contributed by atoms with E-state index in [4.69, 9.17) is 0 Å². The summed E-state index contributed by atoms with van der Waals surface area (Å²) >= 11 is 0. The van der Waals surface area contributed by atoms with Gasteiger partial charge in [-0.25, -0.2) is 0 Å². The van der Waals surface area contributed by atoms with Crippen molar-refractivity contribution >= 4 is 13.9 Å². The molecule has 0 aliphatic heterocycles. The van der Waals surface area contributed by atoms with Crippen molar-refractivity contribution in [2.45, 2.75) is 108 Å². The Bertz CT molecular complexity index is 917. The van der Waals surface area contributed by atoms with Crippen LogP contribution < -0.4 is 0 Å². The van der Waals surface area contributed by atoms with Crippen LogP contribution >= 0.6 is 0 Å². The van der Waals surface area contributed by atoms with Crippen molar-refractivity contribution in [2.75, 3.05) is 0 Å². The van der Waals surface area contributed by atoms with Crippen molar-refractivity contribution in [2.24, 2.45) is 0 Å². The predicted octanol–water partition coefficient (Wildman–Crippen LogP) is 8.85. The smallest absolute Gasteiger partial charge is 0.162 e. The summed E-state index contributed by atoms with van der Waals surface area (Å²) < 4.78 is 0. The molecule has 0 unspecified atom stereocenters. The van der Waals surface area contributed by atoms with Crippen molar-refractivity contribution in [3.63, 3.8) is 0 Å². The summed E-state index contributed by atoms with van der Waals surface area (Å²) in [6, 6.07) is 24.8. The molecule has 3 rings (SSSR count). The van der Waals surface area contributed by atoms with Crippen LogP contribution in [0.4, 0.5) is 0 Å². The summed E-state index contributed by atoms with van der Waals surface area (Å²) in [5, 5.41) is 0. The molecule has 0 bridgehead atoms. The summed E-state index contributed by atoms with van der Waals surface area (Å²) in [4.78, 5) is 14.3. The number of carbonyl (C=O) groups excluding carboxylic acids is 1. The Morgan fingerprint density at radius 2 is 1.35 bits per heavy atom. The fourth-order valence-corrected chi connectivity index (χ4v) is 10.4. The average molecular weight is 473 g/mol. The second-order valence-electron chi connectivity index (χ2n) is 10.3. The third-order valence-corrected chi connectivity index (χ3v) is 12.4. The second-order valence-corrected chi connectivity index (χ2v) is 14.6. The van der Waals surface area contributed by atoms with Crippen molar-refractivity contribution in [3.05, 3.63) is 71.8 Å². The summed E-state index contributed by atoms with van der Waals surface area (Å²) in [6.45, 7) is 6.90. The molecule has 0 heterocycles. The molecular formula is C32H44OSi. The highest BCUT2D eigenvalue weighted by atomic mass is 28.3. The van der Waals surface area contributed by atoms with E-state index in [-0.39, 0.29) is 5.92 Å². The lowest BCUT2D eigenvalue weighted by Gasteiger charge is -2.37. The Kier molecular flexibility index (Phi) is 10.2. The predicted molar refractivity (Wildman–Crippen MR) is 149 cm³/mol. The van der Waals surface area contributed by atoms with Gasteiger partial charge in [0.05, 0.1) is 0 Å². The number of rotatable bonds is 11. The van der Waals surface area contributed by atoms with Gasteiger partial charge in [-0.2, -0.15) is 0 Å². The standard InChI is InChI=1S/C32H44OSi/c1-4-7-24-34(25-8-5-2,26-9-6-3)27-23-32(29-19-14-11-15-20-29)22-16-21-30(31(32)33)28-17-12-10-13-18-28/h10-15,17-20,30H,4-9,16,21-22,24-26H2,1-3H3/t30-,32+/m1/s1. The molecule has 2 aromatic rings. The maximum absolute atomic E-state index is 14.3. The third-order valence-electron chi connectivity index (χ3n) is 7.82. The molecule has 34 heavy (non-hydrogen) atoms. The zero-order chi connectivity index (χ0) is 24.3. The lowest BCUT2D eigenvalue weighted by atomic mass is 9.64. The van der Waals surface area contributed by atoms with E-state index in [1.165, 1.54) is 56.7 Å². The van der Waals surface area contributed by atoms with Crippen LogP contribution in [0.15, 0.2) is 60.7 Å². The molecule has 1 nitrogen and oxygen atoms in total. The van der Waals surface area contributed by atoms with E-state index in [9.17, 15) is 4.79 Å². The number of benzene rings is 2. The number of carbonyl (C=O) groups is 1. The van der Waals surface area contributed by atoms with Crippen LogP contribution in [-0.4, -0.2) is 13.9 Å². The molecule has 0 spiro atoms. The minimum atomic E-state index is -1.77. The Morgan fingerprint density at radius 3 is 1.88 bits per heavy atom. The molecule has 2 heteroatoms. The molecule has 0 saturated heterocycles. The molecule has 2 aromatic carbocycles. The number of unbranched alkanes of at least 4 members (excludes halogenated alkanes) is 3. The fraction of sp³-hybridized carbons (Fsp3) is 0.531. The first-order valence-corrected chi connectivity index (χ1v) is 16.4. The van der Waals surface area contributed by atoms with Gasteiger partial charge in [0, 0.05) is 5.92 Å². The number of hydrogen-bond acceptors (Lipinski definition) is 1. The maximum Gasteiger partial charge on any atom is 0.162 e. The highest BCUT2D eigenvalue weighted by molar-refractivity contribution is 6.87. The van der Waals surface area contributed by atoms with Gasteiger partial charge in [-0.1, -0.05) is 132 Å². The van der Waals surface area contributed by atoms with Gasteiger partial charge in [0.15, 0.2) is 5.78 Å². The average Bonchev–Trinajstić information content (AvgIpc) is 2.89. The molecular weight excluding hydrogens is 428 g/mol. The quantitative estimate of drug-likeness (QED) is 0.236. The second kappa shape index (κ2) is 13.1. The van der Waals surface area contributed by atoms with Gasteiger partial charge in [-0.3, -0.25) is 4.79 Å². The lowest BCUT2D eigenvalue weighted by Crippen LogP contribution is -2.43.